The van der Waals surface area contributed by atoms with Gasteiger partial charge >= 0.3 is 0 Å². The maximum atomic E-state index is 9.82. The predicted octanol–water partition coefficient (Wildman–Crippen LogP) is 4.06. The second-order valence-electron chi connectivity index (χ2n) is 8.01. The van der Waals surface area contributed by atoms with Crippen molar-refractivity contribution in [2.24, 2.45) is 0 Å². The molecule has 1 saturated carbocycles. The summed E-state index contributed by atoms with van der Waals surface area (Å²) in [6.45, 7) is 0.228. The highest BCUT2D eigenvalue weighted by Crippen LogP contribution is 2.36. The van der Waals surface area contributed by atoms with Crippen molar-refractivity contribution in [2.45, 2.75) is 37.8 Å². The summed E-state index contributed by atoms with van der Waals surface area (Å²) in [5.41, 5.74) is 3.24. The van der Waals surface area contributed by atoms with E-state index in [1.54, 1.807) is 17.7 Å². The molecule has 1 aliphatic heterocycles. The minimum atomic E-state index is -0.209. The first-order valence-corrected chi connectivity index (χ1v) is 11.6. The number of fused-ring (bicyclic) bond motifs is 2. The fourth-order valence-electron chi connectivity index (χ4n) is 4.15. The molecule has 0 unspecified atom stereocenters. The molecule has 4 heterocycles. The predicted molar refractivity (Wildman–Crippen MR) is 122 cm³/mol. The minimum Gasteiger partial charge on any atom is -0.454 e. The summed E-state index contributed by atoms with van der Waals surface area (Å²) in [6, 6.07) is 7.95. The number of imidazole rings is 1. The summed E-state index contributed by atoms with van der Waals surface area (Å²) in [5.74, 6) is 2.58. The molecule has 32 heavy (non-hydrogen) atoms. The third kappa shape index (κ3) is 3.61. The first-order valence-electron chi connectivity index (χ1n) is 10.6. The number of hydrogen-bond acceptors (Lipinski definition) is 9. The van der Waals surface area contributed by atoms with Crippen molar-refractivity contribution in [3.8, 4) is 17.2 Å². The molecular weight excluding hydrogens is 428 g/mol. The van der Waals surface area contributed by atoms with Crippen LogP contribution in [0.15, 0.2) is 41.4 Å². The molecular formula is C22H22N6O3S. The van der Waals surface area contributed by atoms with Crippen molar-refractivity contribution in [2.75, 3.05) is 17.4 Å². The number of aliphatic hydroxyl groups is 1. The highest BCUT2D eigenvalue weighted by Gasteiger charge is 2.22. The number of rotatable bonds is 5. The molecule has 0 atom stereocenters. The van der Waals surface area contributed by atoms with Gasteiger partial charge in [0, 0.05) is 23.2 Å². The van der Waals surface area contributed by atoms with Crippen LogP contribution >= 0.6 is 11.3 Å². The van der Waals surface area contributed by atoms with Crippen molar-refractivity contribution in [1.29, 1.82) is 0 Å². The maximum absolute atomic E-state index is 9.82. The highest BCUT2D eigenvalue weighted by atomic mass is 32.1. The van der Waals surface area contributed by atoms with E-state index >= 15 is 0 Å². The Balaban J connectivity index is 1.38. The number of hydrogen-bond donors (Lipinski definition) is 3. The van der Waals surface area contributed by atoms with E-state index in [1.165, 1.54) is 0 Å². The maximum Gasteiger partial charge on any atom is 0.231 e. The number of anilines is 3. The van der Waals surface area contributed by atoms with Crippen LogP contribution < -0.4 is 20.1 Å². The van der Waals surface area contributed by atoms with Gasteiger partial charge in [-0.05, 0) is 49.3 Å². The second kappa shape index (κ2) is 7.95. The van der Waals surface area contributed by atoms with Gasteiger partial charge in [-0.2, -0.15) is 21.3 Å². The molecule has 9 nitrogen and oxygen atoms in total. The Hall–Kier alpha value is -3.37. The van der Waals surface area contributed by atoms with Crippen LogP contribution in [-0.4, -0.2) is 43.6 Å². The SMILES string of the molecule is OC1CCC(Nc2nc(Nc3ccc4c(c3)OCO4)c3ncn(-c4ccsc4)c3n2)CC1. The smallest absolute Gasteiger partial charge is 0.231 e. The third-order valence-corrected chi connectivity index (χ3v) is 6.52. The van der Waals surface area contributed by atoms with Gasteiger partial charge in [0.25, 0.3) is 0 Å². The van der Waals surface area contributed by atoms with E-state index in [2.05, 4.69) is 21.0 Å². The van der Waals surface area contributed by atoms with Crippen molar-refractivity contribution >= 4 is 40.0 Å². The summed E-state index contributed by atoms with van der Waals surface area (Å²) < 4.78 is 12.9. The van der Waals surface area contributed by atoms with Gasteiger partial charge in [0.15, 0.2) is 28.5 Å². The van der Waals surface area contributed by atoms with Crippen molar-refractivity contribution in [1.82, 2.24) is 19.5 Å². The molecule has 4 aromatic rings. The largest absolute Gasteiger partial charge is 0.454 e. The first-order chi connectivity index (χ1) is 15.7. The number of nitrogens with one attached hydrogen (secondary N) is 2. The van der Waals surface area contributed by atoms with Gasteiger partial charge < -0.3 is 25.2 Å². The van der Waals surface area contributed by atoms with Crippen molar-refractivity contribution in [3.05, 3.63) is 41.4 Å². The van der Waals surface area contributed by atoms with Crippen LogP contribution in [0.5, 0.6) is 11.5 Å². The van der Waals surface area contributed by atoms with Gasteiger partial charge in [0.05, 0.1) is 11.8 Å². The summed E-state index contributed by atoms with van der Waals surface area (Å²) in [4.78, 5) is 14.2. The lowest BCUT2D eigenvalue weighted by atomic mass is 9.93. The second-order valence-corrected chi connectivity index (χ2v) is 8.79. The van der Waals surface area contributed by atoms with E-state index < -0.39 is 0 Å². The number of nitrogens with zero attached hydrogens (tertiary/aromatic N) is 4. The Morgan fingerprint density at radius 2 is 1.94 bits per heavy atom. The van der Waals surface area contributed by atoms with E-state index in [0.29, 0.717) is 23.0 Å². The van der Waals surface area contributed by atoms with Gasteiger partial charge in [-0.15, -0.1) is 0 Å². The van der Waals surface area contributed by atoms with Gasteiger partial charge in [0.2, 0.25) is 12.7 Å². The van der Waals surface area contributed by atoms with Gasteiger partial charge in [-0.25, -0.2) is 4.98 Å². The Labute approximate surface area is 188 Å². The number of aromatic nitrogens is 4. The summed E-state index contributed by atoms with van der Waals surface area (Å²) >= 11 is 1.62. The molecule has 1 fully saturated rings. The minimum absolute atomic E-state index is 0.209. The summed E-state index contributed by atoms with van der Waals surface area (Å²) in [7, 11) is 0. The monoisotopic (exact) mass is 450 g/mol. The molecule has 3 N–H and O–H groups in total. The fraction of sp³-hybridized carbons (Fsp3) is 0.318. The van der Waals surface area contributed by atoms with Crippen LogP contribution in [0.2, 0.25) is 0 Å². The van der Waals surface area contributed by atoms with Gasteiger partial charge in [-0.3, -0.25) is 4.57 Å². The molecule has 6 rings (SSSR count). The number of thiophene rings is 1. The van der Waals surface area contributed by atoms with Crippen LogP contribution in [0, 0.1) is 0 Å². The lowest BCUT2D eigenvalue weighted by Crippen LogP contribution is -2.29. The molecule has 1 aromatic carbocycles. The number of ether oxygens (including phenoxy) is 2. The Morgan fingerprint density at radius 3 is 2.78 bits per heavy atom. The van der Waals surface area contributed by atoms with Gasteiger partial charge in [-0.1, -0.05) is 0 Å². The topological polar surface area (TPSA) is 106 Å². The average molecular weight is 451 g/mol. The van der Waals surface area contributed by atoms with Crippen LogP contribution in [-0.2, 0) is 0 Å². The molecule has 0 saturated heterocycles. The number of benzene rings is 1. The molecule has 2 aliphatic rings. The molecule has 0 bridgehead atoms. The van der Waals surface area contributed by atoms with Crippen LogP contribution in [0.3, 0.4) is 0 Å². The molecule has 164 valence electrons. The first kappa shape index (κ1) is 19.3. The highest BCUT2D eigenvalue weighted by molar-refractivity contribution is 7.08. The summed E-state index contributed by atoms with van der Waals surface area (Å²) in [6.07, 6.45) is 4.91. The quantitative estimate of drug-likeness (QED) is 0.418. The normalized spacial score (nSPS) is 19.9. The van der Waals surface area contributed by atoms with Gasteiger partial charge in [0.1, 0.15) is 6.33 Å². The standard InChI is InChI=1S/C22H22N6O3S/c29-16-4-1-13(2-5-16)25-22-26-20(24-14-3-6-17-18(9-14)31-12-30-17)19-21(27-22)28(11-23-19)15-7-8-32-10-15/h3,6-11,13,16,29H,1-2,4-5,12H2,(H2,24,25,26,27). The Bertz CT molecular complexity index is 1250. The number of aliphatic hydroxyl groups excluding tert-OH is 1. The van der Waals surface area contributed by atoms with E-state index in [4.69, 9.17) is 19.4 Å². The lowest BCUT2D eigenvalue weighted by Gasteiger charge is -2.26. The Kier molecular flexibility index (Phi) is 4.80. The molecule has 0 amide bonds. The molecule has 0 radical (unpaired) electrons. The zero-order valence-corrected chi connectivity index (χ0v) is 18.0. The van der Waals surface area contributed by atoms with Crippen molar-refractivity contribution in [3.63, 3.8) is 0 Å². The van der Waals surface area contributed by atoms with Crippen LogP contribution in [0.25, 0.3) is 16.9 Å². The fourth-order valence-corrected chi connectivity index (χ4v) is 4.78. The van der Waals surface area contributed by atoms with Crippen molar-refractivity contribution < 1.29 is 14.6 Å². The van der Waals surface area contributed by atoms with E-state index in [9.17, 15) is 5.11 Å². The average Bonchev–Trinajstić information content (AvgIpc) is 3.55. The van der Waals surface area contributed by atoms with Crippen LogP contribution in [0.1, 0.15) is 25.7 Å². The molecule has 0 spiro atoms. The van der Waals surface area contributed by atoms with E-state index in [0.717, 1.165) is 48.5 Å². The summed E-state index contributed by atoms with van der Waals surface area (Å²) in [5, 5.41) is 20.8. The van der Waals surface area contributed by atoms with E-state index in [1.807, 2.05) is 34.2 Å². The zero-order chi connectivity index (χ0) is 21.5. The molecule has 1 aliphatic carbocycles. The Morgan fingerprint density at radius 1 is 1.06 bits per heavy atom. The molecule has 3 aromatic heterocycles. The van der Waals surface area contributed by atoms with E-state index in [-0.39, 0.29) is 18.9 Å². The van der Waals surface area contributed by atoms with Crippen LogP contribution in [0.4, 0.5) is 17.5 Å². The third-order valence-electron chi connectivity index (χ3n) is 5.85. The zero-order valence-electron chi connectivity index (χ0n) is 17.2. The lowest BCUT2D eigenvalue weighted by molar-refractivity contribution is 0.126. The molecule has 10 heteroatoms.